The maximum atomic E-state index is 13.5. The molecule has 0 radical (unpaired) electrons. The van der Waals surface area contributed by atoms with Gasteiger partial charge in [0.25, 0.3) is 0 Å². The summed E-state index contributed by atoms with van der Waals surface area (Å²) in [6, 6.07) is 3.22. The second-order valence-electron chi connectivity index (χ2n) is 4.42. The Kier molecular flexibility index (Phi) is 3.89. The van der Waals surface area contributed by atoms with Crippen LogP contribution < -0.4 is 5.73 Å². The Morgan fingerprint density at radius 3 is 2.71 bits per heavy atom. The molecule has 1 saturated carbocycles. The molecule has 17 heavy (non-hydrogen) atoms. The quantitative estimate of drug-likeness (QED) is 0.886. The molecule has 5 heteroatoms. The van der Waals surface area contributed by atoms with Crippen molar-refractivity contribution < 1.29 is 13.0 Å². The summed E-state index contributed by atoms with van der Waals surface area (Å²) in [5, 5.41) is -0.112. The average molecular weight is 259 g/mol. The minimum atomic E-state index is -1.43. The van der Waals surface area contributed by atoms with Gasteiger partial charge in [0.05, 0.1) is 15.7 Å². The van der Waals surface area contributed by atoms with Crippen molar-refractivity contribution in [1.82, 2.24) is 0 Å². The van der Waals surface area contributed by atoms with Crippen molar-refractivity contribution in [3.8, 4) is 0 Å². The van der Waals surface area contributed by atoms with Gasteiger partial charge in [-0.05, 0) is 31.4 Å². The van der Waals surface area contributed by atoms with Crippen LogP contribution in [-0.4, -0.2) is 15.5 Å². The van der Waals surface area contributed by atoms with Gasteiger partial charge in [-0.1, -0.05) is 6.42 Å². The summed E-state index contributed by atoms with van der Waals surface area (Å²) in [5.74, 6) is -1.38. The molecule has 0 amide bonds. The van der Waals surface area contributed by atoms with Crippen molar-refractivity contribution in [3.63, 3.8) is 0 Å². The Labute approximate surface area is 102 Å². The highest BCUT2D eigenvalue weighted by Crippen LogP contribution is 2.26. The van der Waals surface area contributed by atoms with Crippen LogP contribution in [0.1, 0.15) is 25.7 Å². The molecule has 1 fully saturated rings. The van der Waals surface area contributed by atoms with Gasteiger partial charge in [0.1, 0.15) is 11.6 Å². The van der Waals surface area contributed by atoms with E-state index in [4.69, 9.17) is 5.73 Å². The van der Waals surface area contributed by atoms with Crippen LogP contribution in [0, 0.1) is 11.6 Å². The second-order valence-corrected chi connectivity index (χ2v) is 6.12. The predicted octanol–water partition coefficient (Wildman–Crippen LogP) is 2.34. The van der Waals surface area contributed by atoms with Gasteiger partial charge in [-0.2, -0.15) is 0 Å². The zero-order valence-electron chi connectivity index (χ0n) is 9.36. The van der Waals surface area contributed by atoms with Crippen LogP contribution >= 0.6 is 0 Å². The Morgan fingerprint density at radius 2 is 2.06 bits per heavy atom. The van der Waals surface area contributed by atoms with Crippen molar-refractivity contribution in [2.45, 2.75) is 41.9 Å². The van der Waals surface area contributed by atoms with Crippen molar-refractivity contribution in [2.75, 3.05) is 0 Å². The van der Waals surface area contributed by atoms with Gasteiger partial charge >= 0.3 is 0 Å². The summed E-state index contributed by atoms with van der Waals surface area (Å²) in [4.78, 5) is 0.0884. The van der Waals surface area contributed by atoms with E-state index in [1.165, 1.54) is 6.07 Å². The maximum Gasteiger partial charge on any atom is 0.142 e. The number of nitrogens with two attached hydrogens (primary N) is 1. The highest BCUT2D eigenvalue weighted by atomic mass is 32.2. The lowest BCUT2D eigenvalue weighted by Crippen LogP contribution is -2.33. The normalized spacial score (nSPS) is 26.8. The van der Waals surface area contributed by atoms with Crippen LogP contribution in [0.5, 0.6) is 0 Å². The molecule has 94 valence electrons. The smallest absolute Gasteiger partial charge is 0.142 e. The van der Waals surface area contributed by atoms with E-state index in [0.29, 0.717) is 6.42 Å². The molecular formula is C12H15F2NOS. The van der Waals surface area contributed by atoms with E-state index in [2.05, 4.69) is 0 Å². The van der Waals surface area contributed by atoms with Crippen LogP contribution in [0.15, 0.2) is 23.1 Å². The zero-order chi connectivity index (χ0) is 12.4. The lowest BCUT2D eigenvalue weighted by Gasteiger charge is -2.25. The Hall–Kier alpha value is -0.810. The van der Waals surface area contributed by atoms with E-state index < -0.39 is 22.4 Å². The molecule has 2 N–H and O–H groups in total. The number of benzene rings is 1. The molecule has 3 unspecified atom stereocenters. The molecule has 0 bridgehead atoms. The van der Waals surface area contributed by atoms with Crippen LogP contribution in [0.3, 0.4) is 0 Å². The van der Waals surface area contributed by atoms with Gasteiger partial charge in [-0.3, -0.25) is 4.21 Å². The number of hydrogen-bond acceptors (Lipinski definition) is 2. The second kappa shape index (κ2) is 5.23. The fourth-order valence-corrected chi connectivity index (χ4v) is 3.81. The fraction of sp³-hybridized carbons (Fsp3) is 0.500. The molecule has 0 spiro atoms. The monoisotopic (exact) mass is 259 g/mol. The molecule has 2 nitrogen and oxygen atoms in total. The zero-order valence-corrected chi connectivity index (χ0v) is 10.2. The van der Waals surface area contributed by atoms with E-state index in [-0.39, 0.29) is 16.2 Å². The standard InChI is InChI=1S/C12H15F2NOS/c13-8-4-5-12(11(14)6-8)17(16)10-3-1-2-9(15)7-10/h4-6,9-10H,1-3,7,15H2. The van der Waals surface area contributed by atoms with E-state index in [1.807, 2.05) is 0 Å². The van der Waals surface area contributed by atoms with Crippen molar-refractivity contribution >= 4 is 10.8 Å². The van der Waals surface area contributed by atoms with E-state index in [1.54, 1.807) is 0 Å². The number of halogens is 2. The number of rotatable bonds is 2. The summed E-state index contributed by atoms with van der Waals surface area (Å²) >= 11 is 0. The molecule has 3 atom stereocenters. The molecule has 1 aromatic rings. The Morgan fingerprint density at radius 1 is 1.29 bits per heavy atom. The van der Waals surface area contributed by atoms with E-state index >= 15 is 0 Å². The third kappa shape index (κ3) is 2.90. The van der Waals surface area contributed by atoms with Gasteiger partial charge in [0.2, 0.25) is 0 Å². The summed E-state index contributed by atoms with van der Waals surface area (Å²) < 4.78 is 38.4. The van der Waals surface area contributed by atoms with Crippen molar-refractivity contribution in [2.24, 2.45) is 5.73 Å². The van der Waals surface area contributed by atoms with Crippen LogP contribution in [0.25, 0.3) is 0 Å². The summed E-state index contributed by atoms with van der Waals surface area (Å²) in [6.45, 7) is 0. The van der Waals surface area contributed by atoms with Crippen LogP contribution in [0.2, 0.25) is 0 Å². The van der Waals surface area contributed by atoms with Crippen LogP contribution in [0.4, 0.5) is 8.78 Å². The minimum Gasteiger partial charge on any atom is -0.328 e. The molecule has 0 heterocycles. The summed E-state index contributed by atoms with van der Waals surface area (Å²) in [5.41, 5.74) is 5.81. The SMILES string of the molecule is NC1CCCC(S(=O)c2ccc(F)cc2F)C1. The first kappa shape index (κ1) is 12.6. The first-order valence-corrected chi connectivity index (χ1v) is 6.90. The van der Waals surface area contributed by atoms with E-state index in [0.717, 1.165) is 31.4 Å². The van der Waals surface area contributed by atoms with Crippen LogP contribution in [-0.2, 0) is 10.8 Å². The largest absolute Gasteiger partial charge is 0.328 e. The predicted molar refractivity (Wildman–Crippen MR) is 63.0 cm³/mol. The highest BCUT2D eigenvalue weighted by molar-refractivity contribution is 7.85. The molecule has 0 aliphatic heterocycles. The first-order chi connectivity index (χ1) is 8.08. The summed E-state index contributed by atoms with van der Waals surface area (Å²) in [7, 11) is -1.43. The molecule has 2 rings (SSSR count). The maximum absolute atomic E-state index is 13.5. The first-order valence-electron chi connectivity index (χ1n) is 5.69. The third-order valence-corrected chi connectivity index (χ3v) is 4.88. The molecule has 1 aliphatic carbocycles. The lowest BCUT2D eigenvalue weighted by atomic mass is 9.96. The average Bonchev–Trinajstić information content (AvgIpc) is 2.28. The van der Waals surface area contributed by atoms with E-state index in [9.17, 15) is 13.0 Å². The molecule has 0 aromatic heterocycles. The van der Waals surface area contributed by atoms with Gasteiger partial charge in [-0.15, -0.1) is 0 Å². The highest BCUT2D eigenvalue weighted by Gasteiger charge is 2.26. The number of hydrogen-bond donors (Lipinski definition) is 1. The van der Waals surface area contributed by atoms with Gasteiger partial charge < -0.3 is 5.73 Å². The van der Waals surface area contributed by atoms with Gasteiger partial charge in [0.15, 0.2) is 0 Å². The van der Waals surface area contributed by atoms with Gasteiger partial charge in [0, 0.05) is 17.4 Å². The Bertz CT molecular complexity index is 439. The van der Waals surface area contributed by atoms with Gasteiger partial charge in [-0.25, -0.2) is 8.78 Å². The molecular weight excluding hydrogens is 244 g/mol. The minimum absolute atomic E-state index is 0.0428. The lowest BCUT2D eigenvalue weighted by molar-refractivity contribution is 0.443. The third-order valence-electron chi connectivity index (χ3n) is 3.08. The molecule has 0 saturated heterocycles. The summed E-state index contributed by atoms with van der Waals surface area (Å²) in [6.07, 6.45) is 3.28. The van der Waals surface area contributed by atoms with Crippen molar-refractivity contribution in [3.05, 3.63) is 29.8 Å². The fourth-order valence-electron chi connectivity index (χ4n) is 2.19. The molecule has 1 aliphatic rings. The van der Waals surface area contributed by atoms with Crippen molar-refractivity contribution in [1.29, 1.82) is 0 Å². The topological polar surface area (TPSA) is 43.1 Å². The molecule has 1 aromatic carbocycles. The Balaban J connectivity index is 2.18.